The molecule has 3 heteroatoms. The van der Waals surface area contributed by atoms with Crippen LogP contribution in [0.1, 0.15) is 19.4 Å². The number of hydrogen-bond donors (Lipinski definition) is 1. The Morgan fingerprint density at radius 1 is 1.23 bits per heavy atom. The topological polar surface area (TPSA) is 43.1 Å². The van der Waals surface area contributed by atoms with Crippen LogP contribution in [0.25, 0.3) is 0 Å². The molecule has 13 heavy (non-hydrogen) atoms. The molecule has 0 atom stereocenters. The third-order valence-electron chi connectivity index (χ3n) is 1.27. The van der Waals surface area contributed by atoms with Crippen molar-refractivity contribution >= 4 is 20.3 Å². The SMILES string of the molecule is C=O.CC.[BH]Cc1ccc(N)cc1. The fraction of sp³-hybridized carbons (Fsp3) is 0.300. The Morgan fingerprint density at radius 3 is 1.92 bits per heavy atom. The number of benzene rings is 1. The van der Waals surface area contributed by atoms with Gasteiger partial charge in [-0.2, -0.15) is 0 Å². The van der Waals surface area contributed by atoms with E-state index in [4.69, 9.17) is 10.5 Å². The van der Waals surface area contributed by atoms with Gasteiger partial charge in [-0.25, -0.2) is 0 Å². The van der Waals surface area contributed by atoms with E-state index < -0.39 is 0 Å². The number of nitrogens with two attached hydrogens (primary N) is 1. The summed E-state index contributed by atoms with van der Waals surface area (Å²) in [6, 6.07) is 7.76. The lowest BCUT2D eigenvalue weighted by Crippen LogP contribution is -1.86. The highest BCUT2D eigenvalue weighted by Gasteiger charge is 1.85. The third-order valence-corrected chi connectivity index (χ3v) is 1.27. The summed E-state index contributed by atoms with van der Waals surface area (Å²) in [5.41, 5.74) is 7.50. The Morgan fingerprint density at radius 2 is 1.62 bits per heavy atom. The lowest BCUT2D eigenvalue weighted by molar-refractivity contribution is -0.0979. The monoisotopic (exact) mass is 178 g/mol. The van der Waals surface area contributed by atoms with Crippen molar-refractivity contribution in [1.82, 2.24) is 0 Å². The molecule has 0 aromatic heterocycles. The molecule has 0 unspecified atom stereocenters. The summed E-state index contributed by atoms with van der Waals surface area (Å²) in [5.74, 6) is 0. The molecule has 0 saturated carbocycles. The van der Waals surface area contributed by atoms with Gasteiger partial charge < -0.3 is 10.5 Å². The smallest absolute Gasteiger partial charge is 0.106 e. The lowest BCUT2D eigenvalue weighted by Gasteiger charge is -1.94. The quantitative estimate of drug-likeness (QED) is 0.523. The fourth-order valence-electron chi connectivity index (χ4n) is 0.684. The van der Waals surface area contributed by atoms with Gasteiger partial charge in [0.15, 0.2) is 0 Å². The van der Waals surface area contributed by atoms with Gasteiger partial charge in [0.25, 0.3) is 0 Å². The van der Waals surface area contributed by atoms with Gasteiger partial charge in [-0.3, -0.25) is 0 Å². The molecular formula is C10H17BNO. The molecule has 1 aromatic rings. The minimum Gasteiger partial charge on any atom is -0.399 e. The van der Waals surface area contributed by atoms with Crippen LogP contribution < -0.4 is 5.73 Å². The molecule has 0 aliphatic carbocycles. The maximum atomic E-state index is 8.00. The molecule has 2 N–H and O–H groups in total. The van der Waals surface area contributed by atoms with Crippen LogP contribution >= 0.6 is 0 Å². The lowest BCUT2D eigenvalue weighted by atomic mass is 9.97. The van der Waals surface area contributed by atoms with Crippen LogP contribution in [-0.4, -0.2) is 14.6 Å². The standard InChI is InChI=1S/C7H9BN.C2H6.CH2O/c8-5-6-1-3-7(9)4-2-6;2*1-2/h1-4,8H,5,9H2;1-2H3;1H2. The average Bonchev–Trinajstić information content (AvgIpc) is 2.25. The van der Waals surface area contributed by atoms with E-state index in [1.54, 1.807) is 0 Å². The summed E-state index contributed by atoms with van der Waals surface area (Å²) in [4.78, 5) is 8.00. The Bertz CT molecular complexity index is 199. The van der Waals surface area contributed by atoms with Crippen LogP contribution in [0, 0.1) is 0 Å². The molecule has 0 aliphatic rings. The minimum absolute atomic E-state index is 0.812. The molecule has 0 bridgehead atoms. The van der Waals surface area contributed by atoms with Gasteiger partial charge in [-0.05, 0) is 12.1 Å². The molecule has 1 rings (SSSR count). The minimum atomic E-state index is 0.812. The van der Waals surface area contributed by atoms with Gasteiger partial charge in [0.2, 0.25) is 0 Å². The molecule has 0 heterocycles. The number of carbonyl (C=O) groups excluding carboxylic acids is 1. The molecule has 0 saturated heterocycles. The van der Waals surface area contributed by atoms with Crippen LogP contribution in [0.15, 0.2) is 24.3 Å². The normalized spacial score (nSPS) is 7.23. The second kappa shape index (κ2) is 10.8. The van der Waals surface area contributed by atoms with Crippen molar-refractivity contribution < 1.29 is 4.79 Å². The summed E-state index contributed by atoms with van der Waals surface area (Å²) in [6.07, 6.45) is 0.834. The maximum absolute atomic E-state index is 8.00. The Balaban J connectivity index is 0. The van der Waals surface area contributed by atoms with Crippen molar-refractivity contribution in [3.05, 3.63) is 29.8 Å². The second-order valence-electron chi connectivity index (χ2n) is 1.99. The highest BCUT2D eigenvalue weighted by Crippen LogP contribution is 2.03. The van der Waals surface area contributed by atoms with Crippen molar-refractivity contribution in [3.8, 4) is 0 Å². The molecular weight excluding hydrogens is 161 g/mol. The van der Waals surface area contributed by atoms with E-state index in [2.05, 4.69) is 7.85 Å². The zero-order valence-corrected chi connectivity index (χ0v) is 8.42. The summed E-state index contributed by atoms with van der Waals surface area (Å²) >= 11 is 0. The summed E-state index contributed by atoms with van der Waals surface area (Å²) in [6.45, 7) is 6.00. The largest absolute Gasteiger partial charge is 0.399 e. The Kier molecular flexibility index (Phi) is 11.8. The zero-order valence-electron chi connectivity index (χ0n) is 8.42. The first-order chi connectivity index (χ1) is 6.33. The summed E-state index contributed by atoms with van der Waals surface area (Å²) < 4.78 is 0. The van der Waals surface area contributed by atoms with Crippen LogP contribution in [0.3, 0.4) is 0 Å². The van der Waals surface area contributed by atoms with Crippen LogP contribution in [0.2, 0.25) is 0 Å². The number of hydrogen-bond acceptors (Lipinski definition) is 2. The van der Waals surface area contributed by atoms with E-state index in [1.165, 1.54) is 5.56 Å². The first-order valence-electron chi connectivity index (χ1n) is 4.25. The molecule has 0 spiro atoms. The van der Waals surface area contributed by atoms with Gasteiger partial charge in [0.1, 0.15) is 6.79 Å². The van der Waals surface area contributed by atoms with E-state index in [0.29, 0.717) is 0 Å². The molecule has 71 valence electrons. The molecule has 1 aromatic carbocycles. The molecule has 0 aliphatic heterocycles. The molecule has 0 fully saturated rings. The summed E-state index contributed by atoms with van der Waals surface area (Å²) in [7, 11) is 3.74. The van der Waals surface area contributed by atoms with Gasteiger partial charge >= 0.3 is 0 Å². The van der Waals surface area contributed by atoms with Gasteiger partial charge in [-0.1, -0.05) is 37.9 Å². The predicted octanol–water partition coefficient (Wildman–Crippen LogP) is 1.51. The van der Waals surface area contributed by atoms with Crippen molar-refractivity contribution in [2.24, 2.45) is 0 Å². The Hall–Kier alpha value is -1.25. The summed E-state index contributed by atoms with van der Waals surface area (Å²) in [5, 5.41) is 0. The highest BCUT2D eigenvalue weighted by atomic mass is 16.1. The van der Waals surface area contributed by atoms with Gasteiger partial charge in [0.05, 0.1) is 7.85 Å². The highest BCUT2D eigenvalue weighted by molar-refractivity contribution is 6.08. The number of rotatable bonds is 1. The fourth-order valence-corrected chi connectivity index (χ4v) is 0.684. The van der Waals surface area contributed by atoms with E-state index >= 15 is 0 Å². The first-order valence-corrected chi connectivity index (χ1v) is 4.25. The van der Waals surface area contributed by atoms with E-state index in [-0.39, 0.29) is 0 Å². The molecule has 2 nitrogen and oxygen atoms in total. The van der Waals surface area contributed by atoms with Crippen LogP contribution in [0.5, 0.6) is 0 Å². The maximum Gasteiger partial charge on any atom is 0.106 e. The van der Waals surface area contributed by atoms with E-state index in [1.807, 2.05) is 44.9 Å². The van der Waals surface area contributed by atoms with Crippen LogP contribution in [0.4, 0.5) is 5.69 Å². The molecule has 1 radical (unpaired) electrons. The number of carbonyl (C=O) groups is 1. The Labute approximate surface area is 81.6 Å². The first kappa shape index (κ1) is 14.3. The van der Waals surface area contributed by atoms with Crippen molar-refractivity contribution in [2.75, 3.05) is 5.73 Å². The van der Waals surface area contributed by atoms with Crippen molar-refractivity contribution in [1.29, 1.82) is 0 Å². The van der Waals surface area contributed by atoms with Crippen LogP contribution in [-0.2, 0) is 11.1 Å². The van der Waals surface area contributed by atoms with Crippen molar-refractivity contribution in [2.45, 2.75) is 20.2 Å². The number of nitrogen functional groups attached to an aromatic ring is 1. The zero-order chi connectivity index (χ0) is 10.7. The van der Waals surface area contributed by atoms with Gasteiger partial charge in [-0.15, -0.1) is 0 Å². The van der Waals surface area contributed by atoms with Crippen molar-refractivity contribution in [3.63, 3.8) is 0 Å². The van der Waals surface area contributed by atoms with E-state index in [0.717, 1.165) is 12.0 Å². The van der Waals surface area contributed by atoms with E-state index in [9.17, 15) is 0 Å². The predicted molar refractivity (Wildman–Crippen MR) is 60.2 cm³/mol. The number of anilines is 1. The average molecular weight is 178 g/mol. The third kappa shape index (κ3) is 7.13. The molecule has 0 amide bonds. The second-order valence-corrected chi connectivity index (χ2v) is 1.99. The van der Waals surface area contributed by atoms with Gasteiger partial charge in [0, 0.05) is 5.69 Å².